The van der Waals surface area contributed by atoms with Gasteiger partial charge in [-0.15, -0.1) is 0 Å². The van der Waals surface area contributed by atoms with Crippen molar-refractivity contribution in [1.29, 1.82) is 0 Å². The molecule has 2 fully saturated rings. The van der Waals surface area contributed by atoms with Gasteiger partial charge in [0, 0.05) is 44.3 Å². The van der Waals surface area contributed by atoms with Gasteiger partial charge >= 0.3 is 0 Å². The van der Waals surface area contributed by atoms with E-state index in [1.54, 1.807) is 0 Å². The van der Waals surface area contributed by atoms with Crippen LogP contribution in [0.3, 0.4) is 0 Å². The number of hydrogen-bond donors (Lipinski definition) is 0. The van der Waals surface area contributed by atoms with Crippen LogP contribution in [-0.4, -0.2) is 42.0 Å². The minimum atomic E-state index is 0.0305. The number of rotatable bonds is 4. The van der Waals surface area contributed by atoms with Crippen molar-refractivity contribution >= 4 is 11.6 Å². The highest BCUT2D eigenvalue weighted by Gasteiger charge is 2.35. The molecule has 1 saturated heterocycles. The molecule has 0 radical (unpaired) electrons. The highest BCUT2D eigenvalue weighted by atomic mass is 16.2. The van der Waals surface area contributed by atoms with Gasteiger partial charge in [0.25, 0.3) is 0 Å². The molecule has 0 unspecified atom stereocenters. The zero-order valence-corrected chi connectivity index (χ0v) is 16.2. The summed E-state index contributed by atoms with van der Waals surface area (Å²) >= 11 is 0. The van der Waals surface area contributed by atoms with E-state index in [2.05, 4.69) is 52.0 Å². The van der Waals surface area contributed by atoms with Gasteiger partial charge in [-0.25, -0.2) is 0 Å². The summed E-state index contributed by atoms with van der Waals surface area (Å²) in [6.45, 7) is 5.49. The van der Waals surface area contributed by atoms with Crippen LogP contribution < -0.4 is 4.90 Å². The number of amides is 1. The van der Waals surface area contributed by atoms with Gasteiger partial charge in [-0.3, -0.25) is 9.78 Å². The number of carbonyl (C=O) groups is 1. The predicted molar refractivity (Wildman–Crippen MR) is 109 cm³/mol. The van der Waals surface area contributed by atoms with Crippen molar-refractivity contribution < 1.29 is 4.79 Å². The molecule has 1 aliphatic heterocycles. The van der Waals surface area contributed by atoms with Crippen LogP contribution in [0, 0.1) is 12.8 Å². The number of hydrogen-bond acceptors (Lipinski definition) is 3. The number of benzene rings is 1. The van der Waals surface area contributed by atoms with E-state index in [1.165, 1.54) is 42.5 Å². The largest absolute Gasteiger partial charge is 0.368 e. The highest BCUT2D eigenvalue weighted by Crippen LogP contribution is 2.38. The Morgan fingerprint density at radius 2 is 1.74 bits per heavy atom. The quantitative estimate of drug-likeness (QED) is 0.823. The summed E-state index contributed by atoms with van der Waals surface area (Å²) in [6, 6.07) is 12.5. The molecule has 4 rings (SSSR count). The zero-order chi connectivity index (χ0) is 18.6. The van der Waals surface area contributed by atoms with Crippen molar-refractivity contribution in [3.05, 3.63) is 59.9 Å². The van der Waals surface area contributed by atoms with Crippen LogP contribution >= 0.6 is 0 Å². The average molecular weight is 364 g/mol. The van der Waals surface area contributed by atoms with Crippen molar-refractivity contribution in [3.8, 4) is 0 Å². The minimum absolute atomic E-state index is 0.0305. The molecule has 4 nitrogen and oxygen atoms in total. The van der Waals surface area contributed by atoms with E-state index in [1.807, 2.05) is 18.5 Å². The van der Waals surface area contributed by atoms with Crippen LogP contribution in [0.4, 0.5) is 5.69 Å². The summed E-state index contributed by atoms with van der Waals surface area (Å²) in [5.74, 6) is 0.863. The molecule has 142 valence electrons. The second kappa shape index (κ2) is 8.12. The van der Waals surface area contributed by atoms with Crippen LogP contribution in [0.25, 0.3) is 0 Å². The second-order valence-corrected chi connectivity index (χ2v) is 7.91. The van der Waals surface area contributed by atoms with Crippen molar-refractivity contribution in [3.63, 3.8) is 0 Å². The summed E-state index contributed by atoms with van der Waals surface area (Å²) < 4.78 is 0. The van der Waals surface area contributed by atoms with E-state index >= 15 is 0 Å². The van der Waals surface area contributed by atoms with Gasteiger partial charge in [-0.05, 0) is 42.9 Å². The number of nitrogens with zero attached hydrogens (tertiary/aromatic N) is 3. The summed E-state index contributed by atoms with van der Waals surface area (Å²) in [5, 5.41) is 0. The maximum Gasteiger partial charge on any atom is 0.230 e. The summed E-state index contributed by atoms with van der Waals surface area (Å²) in [6.07, 6.45) is 8.65. The molecule has 1 aromatic carbocycles. The van der Waals surface area contributed by atoms with Crippen LogP contribution in [0.2, 0.25) is 0 Å². The lowest BCUT2D eigenvalue weighted by Crippen LogP contribution is -2.50. The van der Waals surface area contributed by atoms with Crippen LogP contribution in [0.1, 0.15) is 42.7 Å². The third-order valence-corrected chi connectivity index (χ3v) is 6.22. The van der Waals surface area contributed by atoms with Gasteiger partial charge in [0.2, 0.25) is 5.91 Å². The molecule has 27 heavy (non-hydrogen) atoms. The molecule has 1 atom stereocenters. The van der Waals surface area contributed by atoms with Crippen LogP contribution in [0.15, 0.2) is 48.8 Å². The highest BCUT2D eigenvalue weighted by molar-refractivity contribution is 5.84. The fraction of sp³-hybridized carbons (Fsp3) is 0.478. The van der Waals surface area contributed by atoms with Crippen LogP contribution in [0.5, 0.6) is 0 Å². The van der Waals surface area contributed by atoms with Gasteiger partial charge in [-0.1, -0.05) is 43.2 Å². The molecular formula is C23H29N3O. The predicted octanol–water partition coefficient (Wildman–Crippen LogP) is 4.01. The van der Waals surface area contributed by atoms with Gasteiger partial charge in [0.15, 0.2) is 0 Å². The van der Waals surface area contributed by atoms with Gasteiger partial charge in [0.1, 0.15) is 0 Å². The molecule has 1 saturated carbocycles. The molecule has 0 spiro atoms. The maximum atomic E-state index is 13.5. The lowest BCUT2D eigenvalue weighted by Gasteiger charge is -2.39. The lowest BCUT2D eigenvalue weighted by molar-refractivity contribution is -0.134. The van der Waals surface area contributed by atoms with Crippen molar-refractivity contribution in [1.82, 2.24) is 9.88 Å². The molecule has 0 N–H and O–H groups in total. The molecule has 1 aliphatic carbocycles. The SMILES string of the molecule is Cc1cnccc1N1CCN(C(=O)[C@@H](c2ccccc2)C2CCCC2)CC1. The Labute approximate surface area is 162 Å². The molecule has 4 heteroatoms. The summed E-state index contributed by atoms with van der Waals surface area (Å²) in [4.78, 5) is 22.2. The summed E-state index contributed by atoms with van der Waals surface area (Å²) in [5.41, 5.74) is 3.64. The van der Waals surface area contributed by atoms with E-state index in [0.717, 1.165) is 26.2 Å². The number of carbonyl (C=O) groups excluding carboxylic acids is 1. The fourth-order valence-electron chi connectivity index (χ4n) is 4.75. The Kier molecular flexibility index (Phi) is 5.42. The van der Waals surface area contributed by atoms with Crippen molar-refractivity contribution in [2.75, 3.05) is 31.1 Å². The van der Waals surface area contributed by atoms with Gasteiger partial charge in [0.05, 0.1) is 5.92 Å². The van der Waals surface area contributed by atoms with E-state index in [-0.39, 0.29) is 5.92 Å². The second-order valence-electron chi connectivity index (χ2n) is 7.91. The maximum absolute atomic E-state index is 13.5. The molecule has 1 aromatic heterocycles. The first-order valence-electron chi connectivity index (χ1n) is 10.2. The molecular weight excluding hydrogens is 334 g/mol. The van der Waals surface area contributed by atoms with E-state index in [4.69, 9.17) is 0 Å². The van der Waals surface area contributed by atoms with Crippen molar-refractivity contribution in [2.45, 2.75) is 38.5 Å². The summed E-state index contributed by atoms with van der Waals surface area (Å²) in [7, 11) is 0. The molecule has 2 aromatic rings. The van der Waals surface area contributed by atoms with Crippen molar-refractivity contribution in [2.24, 2.45) is 5.92 Å². The molecule has 0 bridgehead atoms. The Balaban J connectivity index is 1.47. The van der Waals surface area contributed by atoms with Gasteiger partial charge in [-0.2, -0.15) is 0 Å². The Morgan fingerprint density at radius 3 is 2.41 bits per heavy atom. The first kappa shape index (κ1) is 18.0. The Hall–Kier alpha value is -2.36. The molecule has 2 heterocycles. The Morgan fingerprint density at radius 1 is 1.04 bits per heavy atom. The number of piperazine rings is 1. The standard InChI is InChI=1S/C23H29N3O/c1-18-17-24-12-11-21(18)25-13-15-26(16-14-25)23(27)22(20-9-5-6-10-20)19-7-3-2-4-8-19/h2-4,7-8,11-12,17,20,22H,5-6,9-10,13-16H2,1H3/t22-/m0/s1. The smallest absolute Gasteiger partial charge is 0.230 e. The number of pyridine rings is 1. The normalized spacial score (nSPS) is 19.3. The number of aromatic nitrogens is 1. The van der Waals surface area contributed by atoms with E-state index < -0.39 is 0 Å². The number of anilines is 1. The fourth-order valence-corrected chi connectivity index (χ4v) is 4.75. The third kappa shape index (κ3) is 3.85. The van der Waals surface area contributed by atoms with E-state index in [9.17, 15) is 4.79 Å². The first-order chi connectivity index (χ1) is 13.2. The average Bonchev–Trinajstić information content (AvgIpc) is 3.24. The van der Waals surface area contributed by atoms with Crippen LogP contribution in [-0.2, 0) is 4.79 Å². The Bertz CT molecular complexity index is 762. The number of aryl methyl sites for hydroxylation is 1. The molecule has 1 amide bonds. The lowest BCUT2D eigenvalue weighted by atomic mass is 9.83. The van der Waals surface area contributed by atoms with Gasteiger partial charge < -0.3 is 9.80 Å². The molecule has 2 aliphatic rings. The zero-order valence-electron chi connectivity index (χ0n) is 16.2. The third-order valence-electron chi connectivity index (χ3n) is 6.22. The van der Waals surface area contributed by atoms with E-state index in [0.29, 0.717) is 11.8 Å². The first-order valence-corrected chi connectivity index (χ1v) is 10.2. The minimum Gasteiger partial charge on any atom is -0.368 e. The topological polar surface area (TPSA) is 36.4 Å². The monoisotopic (exact) mass is 363 g/mol.